The van der Waals surface area contributed by atoms with Crippen molar-refractivity contribution in [1.29, 1.82) is 0 Å². The highest BCUT2D eigenvalue weighted by atomic mass is 16.4. The zero-order chi connectivity index (χ0) is 13.8. The van der Waals surface area contributed by atoms with Crippen molar-refractivity contribution in [2.75, 3.05) is 19.7 Å². The van der Waals surface area contributed by atoms with Gasteiger partial charge in [0.2, 0.25) is 0 Å². The van der Waals surface area contributed by atoms with E-state index in [9.17, 15) is 9.59 Å². The van der Waals surface area contributed by atoms with Gasteiger partial charge in [-0.1, -0.05) is 12.2 Å². The summed E-state index contributed by atoms with van der Waals surface area (Å²) >= 11 is 0. The molecular formula is C13H20N2O4. The van der Waals surface area contributed by atoms with E-state index >= 15 is 0 Å². The number of hydrogen-bond donors (Lipinski definition) is 3. The number of aliphatic hydroxyl groups excluding tert-OH is 1. The van der Waals surface area contributed by atoms with Crippen molar-refractivity contribution in [3.8, 4) is 0 Å². The van der Waals surface area contributed by atoms with Crippen LogP contribution in [0.2, 0.25) is 0 Å². The van der Waals surface area contributed by atoms with Gasteiger partial charge in [0.25, 0.3) is 0 Å². The second-order valence-electron chi connectivity index (χ2n) is 5.23. The number of carbonyl (C=O) groups excluding carboxylic acids is 1. The monoisotopic (exact) mass is 268 g/mol. The van der Waals surface area contributed by atoms with E-state index in [0.29, 0.717) is 25.4 Å². The number of aliphatic hydroxyl groups is 1. The molecule has 6 heteroatoms. The first-order chi connectivity index (χ1) is 9.10. The molecule has 2 aliphatic rings. The Morgan fingerprint density at radius 2 is 2.16 bits per heavy atom. The number of carboxylic acids is 1. The first-order valence-corrected chi connectivity index (χ1v) is 6.67. The van der Waals surface area contributed by atoms with E-state index in [1.165, 1.54) is 0 Å². The largest absolute Gasteiger partial charge is 0.481 e. The second-order valence-corrected chi connectivity index (χ2v) is 5.23. The van der Waals surface area contributed by atoms with E-state index in [0.717, 1.165) is 12.8 Å². The molecule has 0 aromatic rings. The lowest BCUT2D eigenvalue weighted by Gasteiger charge is -2.20. The lowest BCUT2D eigenvalue weighted by Crippen LogP contribution is -2.43. The minimum absolute atomic E-state index is 0.138. The topological polar surface area (TPSA) is 89.9 Å². The molecule has 3 atom stereocenters. The van der Waals surface area contributed by atoms with Crippen LogP contribution in [0.1, 0.15) is 19.3 Å². The lowest BCUT2D eigenvalue weighted by atomic mass is 10.1. The number of likely N-dealkylation sites (tertiary alicyclic amines) is 1. The van der Waals surface area contributed by atoms with Crippen molar-refractivity contribution in [1.82, 2.24) is 10.2 Å². The van der Waals surface area contributed by atoms with Crippen LogP contribution >= 0.6 is 0 Å². The third-order valence-electron chi connectivity index (χ3n) is 3.82. The van der Waals surface area contributed by atoms with Crippen LogP contribution in [0.15, 0.2) is 12.2 Å². The maximum atomic E-state index is 12.0. The summed E-state index contributed by atoms with van der Waals surface area (Å²) in [6, 6.07) is -0.327. The van der Waals surface area contributed by atoms with Crippen molar-refractivity contribution in [2.45, 2.75) is 25.3 Å². The number of carboxylic acid groups (broad SMARTS) is 1. The first-order valence-electron chi connectivity index (χ1n) is 6.67. The third kappa shape index (κ3) is 3.47. The minimum Gasteiger partial charge on any atom is -0.481 e. The molecule has 0 spiro atoms. The molecule has 3 N–H and O–H groups in total. The molecule has 3 unspecified atom stereocenters. The highest BCUT2D eigenvalue weighted by Crippen LogP contribution is 2.21. The van der Waals surface area contributed by atoms with Crippen LogP contribution in [0, 0.1) is 11.8 Å². The molecule has 19 heavy (non-hydrogen) atoms. The molecule has 2 amide bonds. The van der Waals surface area contributed by atoms with E-state index in [-0.39, 0.29) is 18.7 Å². The first kappa shape index (κ1) is 13.9. The highest BCUT2D eigenvalue weighted by molar-refractivity contribution is 5.76. The number of aliphatic carboxylic acids is 1. The van der Waals surface area contributed by atoms with Gasteiger partial charge in [-0.05, 0) is 25.2 Å². The predicted molar refractivity (Wildman–Crippen MR) is 68.6 cm³/mol. The molecule has 106 valence electrons. The molecule has 1 saturated heterocycles. The molecule has 1 aliphatic carbocycles. The van der Waals surface area contributed by atoms with Crippen LogP contribution in [0.3, 0.4) is 0 Å². The van der Waals surface area contributed by atoms with Gasteiger partial charge in [-0.15, -0.1) is 0 Å². The SMILES string of the molecule is O=C(O)C1C=CC(NC(=O)N2CCC(CCO)C2)C1. The van der Waals surface area contributed by atoms with Gasteiger partial charge in [0.15, 0.2) is 0 Å². The van der Waals surface area contributed by atoms with Crippen LogP contribution in [0.25, 0.3) is 0 Å². The third-order valence-corrected chi connectivity index (χ3v) is 3.82. The van der Waals surface area contributed by atoms with Gasteiger partial charge in [0.1, 0.15) is 0 Å². The van der Waals surface area contributed by atoms with Crippen LogP contribution < -0.4 is 5.32 Å². The van der Waals surface area contributed by atoms with Crippen molar-refractivity contribution in [3.05, 3.63) is 12.2 Å². The number of hydrogen-bond acceptors (Lipinski definition) is 3. The van der Waals surface area contributed by atoms with Gasteiger partial charge < -0.3 is 20.4 Å². The Kier molecular flexibility index (Phi) is 4.42. The summed E-state index contributed by atoms with van der Waals surface area (Å²) < 4.78 is 0. The van der Waals surface area contributed by atoms with Gasteiger partial charge in [0, 0.05) is 19.7 Å². The molecule has 0 bridgehead atoms. The van der Waals surface area contributed by atoms with Crippen LogP contribution in [0.5, 0.6) is 0 Å². The van der Waals surface area contributed by atoms with E-state index in [4.69, 9.17) is 10.2 Å². The summed E-state index contributed by atoms with van der Waals surface area (Å²) in [7, 11) is 0. The summed E-state index contributed by atoms with van der Waals surface area (Å²) in [6.07, 6.45) is 5.46. The number of nitrogens with zero attached hydrogens (tertiary/aromatic N) is 1. The molecule has 1 heterocycles. The maximum Gasteiger partial charge on any atom is 0.317 e. The Labute approximate surface area is 112 Å². The normalized spacial score (nSPS) is 29.7. The van der Waals surface area contributed by atoms with Crippen LogP contribution in [0.4, 0.5) is 4.79 Å². The minimum atomic E-state index is -0.850. The Balaban J connectivity index is 1.77. The highest BCUT2D eigenvalue weighted by Gasteiger charge is 2.29. The molecule has 0 radical (unpaired) electrons. The average molecular weight is 268 g/mol. The predicted octanol–water partition coefficient (Wildman–Crippen LogP) is 0.430. The van der Waals surface area contributed by atoms with Gasteiger partial charge in [0.05, 0.1) is 12.0 Å². The molecular weight excluding hydrogens is 248 g/mol. The summed E-state index contributed by atoms with van der Waals surface area (Å²) in [4.78, 5) is 24.5. The van der Waals surface area contributed by atoms with Gasteiger partial charge >= 0.3 is 12.0 Å². The van der Waals surface area contributed by atoms with Crippen molar-refractivity contribution >= 4 is 12.0 Å². The van der Waals surface area contributed by atoms with Crippen LogP contribution in [-0.4, -0.2) is 52.9 Å². The molecule has 1 aliphatic heterocycles. The van der Waals surface area contributed by atoms with Gasteiger partial charge in [-0.2, -0.15) is 0 Å². The molecule has 6 nitrogen and oxygen atoms in total. The standard InChI is InChI=1S/C13H20N2O4/c16-6-4-9-3-5-15(8-9)13(19)14-11-2-1-10(7-11)12(17)18/h1-2,9-11,16H,3-8H2,(H,14,19)(H,17,18). The smallest absolute Gasteiger partial charge is 0.317 e. The Morgan fingerprint density at radius 3 is 2.79 bits per heavy atom. The fraction of sp³-hybridized carbons (Fsp3) is 0.692. The molecule has 0 saturated carbocycles. The molecule has 0 aromatic carbocycles. The van der Waals surface area contributed by atoms with E-state index in [1.807, 2.05) is 0 Å². The molecule has 2 rings (SSSR count). The maximum absolute atomic E-state index is 12.0. The summed E-state index contributed by atoms with van der Waals surface area (Å²) in [5.74, 6) is -0.968. The number of urea groups is 1. The Hall–Kier alpha value is -1.56. The van der Waals surface area contributed by atoms with Gasteiger partial charge in [-0.25, -0.2) is 4.79 Å². The van der Waals surface area contributed by atoms with E-state index < -0.39 is 11.9 Å². The Morgan fingerprint density at radius 1 is 1.37 bits per heavy atom. The zero-order valence-corrected chi connectivity index (χ0v) is 10.8. The van der Waals surface area contributed by atoms with Crippen LogP contribution in [-0.2, 0) is 4.79 Å². The average Bonchev–Trinajstić information content (AvgIpc) is 2.98. The fourth-order valence-corrected chi connectivity index (χ4v) is 2.67. The number of carbonyl (C=O) groups is 2. The van der Waals surface area contributed by atoms with Gasteiger partial charge in [-0.3, -0.25) is 4.79 Å². The number of amides is 2. The quantitative estimate of drug-likeness (QED) is 0.645. The second kappa shape index (κ2) is 6.06. The molecule has 1 fully saturated rings. The Bertz CT molecular complexity index is 383. The van der Waals surface area contributed by atoms with E-state index in [1.54, 1.807) is 17.1 Å². The lowest BCUT2D eigenvalue weighted by molar-refractivity contribution is -0.140. The number of nitrogens with one attached hydrogen (secondary N) is 1. The summed E-state index contributed by atoms with van der Waals surface area (Å²) in [5.41, 5.74) is 0. The summed E-state index contributed by atoms with van der Waals surface area (Å²) in [5, 5.41) is 20.6. The van der Waals surface area contributed by atoms with E-state index in [2.05, 4.69) is 5.32 Å². The van der Waals surface area contributed by atoms with Crippen molar-refractivity contribution < 1.29 is 19.8 Å². The molecule has 0 aromatic heterocycles. The zero-order valence-electron chi connectivity index (χ0n) is 10.8. The van der Waals surface area contributed by atoms with Crippen molar-refractivity contribution in [3.63, 3.8) is 0 Å². The summed E-state index contributed by atoms with van der Waals surface area (Å²) in [6.45, 7) is 1.53. The number of rotatable bonds is 4. The fourth-order valence-electron chi connectivity index (χ4n) is 2.67. The van der Waals surface area contributed by atoms with Crippen molar-refractivity contribution in [2.24, 2.45) is 11.8 Å².